The van der Waals surface area contributed by atoms with Crippen LogP contribution in [0.3, 0.4) is 0 Å². The van der Waals surface area contributed by atoms with Crippen molar-refractivity contribution in [2.75, 3.05) is 0 Å². The number of rotatable bonds is 5. The average molecular weight is 196 g/mol. The third-order valence-electron chi connectivity index (χ3n) is 2.38. The molecule has 0 bridgehead atoms. The lowest BCUT2D eigenvalue weighted by Crippen LogP contribution is -2.36. The van der Waals surface area contributed by atoms with Crippen molar-refractivity contribution in [2.45, 2.75) is 45.7 Å². The maximum absolute atomic E-state index is 5.41. The number of hydrogen-bond donors (Lipinski definition) is 2. The zero-order valence-electron chi connectivity index (χ0n) is 9.20. The van der Waals surface area contributed by atoms with E-state index in [2.05, 4.69) is 37.4 Å². The summed E-state index contributed by atoms with van der Waals surface area (Å²) in [5, 5.41) is 4.47. The number of hydrogen-bond acceptors (Lipinski definition) is 3. The molecule has 0 amide bonds. The molecular formula is C10H20N4. The van der Waals surface area contributed by atoms with Crippen LogP contribution in [0.1, 0.15) is 38.9 Å². The molecule has 1 atom stereocenters. The number of nitrogens with two attached hydrogens (primary N) is 1. The van der Waals surface area contributed by atoms with Crippen molar-refractivity contribution in [2.24, 2.45) is 5.84 Å². The van der Waals surface area contributed by atoms with Gasteiger partial charge in [-0.05, 0) is 26.3 Å². The number of nitrogens with zero attached hydrogens (tertiary/aromatic N) is 2. The first-order valence-electron chi connectivity index (χ1n) is 5.17. The van der Waals surface area contributed by atoms with Gasteiger partial charge in [-0.3, -0.25) is 16.0 Å². The molecule has 0 aliphatic carbocycles. The first-order valence-corrected chi connectivity index (χ1v) is 5.17. The molecule has 0 saturated heterocycles. The Morgan fingerprint density at radius 2 is 2.29 bits per heavy atom. The van der Waals surface area contributed by atoms with E-state index in [1.54, 1.807) is 0 Å². The van der Waals surface area contributed by atoms with Gasteiger partial charge in [0, 0.05) is 24.7 Å². The van der Waals surface area contributed by atoms with Crippen LogP contribution in [0.5, 0.6) is 0 Å². The molecular weight excluding hydrogens is 176 g/mol. The molecule has 0 fully saturated rings. The fraction of sp³-hybridized carbons (Fsp3) is 0.700. The summed E-state index contributed by atoms with van der Waals surface area (Å²) in [6.07, 6.45) is 3.93. The fourth-order valence-corrected chi connectivity index (χ4v) is 1.35. The van der Waals surface area contributed by atoms with Crippen LogP contribution in [0.2, 0.25) is 0 Å². The van der Waals surface area contributed by atoms with Gasteiger partial charge >= 0.3 is 0 Å². The molecule has 4 heteroatoms. The Morgan fingerprint density at radius 3 is 2.71 bits per heavy atom. The first-order chi connectivity index (χ1) is 6.67. The largest absolute Gasteiger partial charge is 0.271 e. The van der Waals surface area contributed by atoms with Gasteiger partial charge < -0.3 is 0 Å². The molecule has 3 N–H and O–H groups in total. The molecule has 1 unspecified atom stereocenters. The van der Waals surface area contributed by atoms with Crippen LogP contribution < -0.4 is 11.3 Å². The maximum atomic E-state index is 5.41. The van der Waals surface area contributed by atoms with Crippen molar-refractivity contribution >= 4 is 0 Å². The molecule has 0 radical (unpaired) electrons. The lowest BCUT2D eigenvalue weighted by Gasteiger charge is -2.11. The quantitative estimate of drug-likeness (QED) is 0.550. The van der Waals surface area contributed by atoms with E-state index in [9.17, 15) is 0 Å². The average Bonchev–Trinajstić information content (AvgIpc) is 2.62. The second kappa shape index (κ2) is 5.12. The van der Waals surface area contributed by atoms with Gasteiger partial charge in [0.2, 0.25) is 0 Å². The fourth-order valence-electron chi connectivity index (χ4n) is 1.35. The zero-order valence-corrected chi connectivity index (χ0v) is 9.20. The molecule has 1 aromatic heterocycles. The van der Waals surface area contributed by atoms with Gasteiger partial charge in [-0.15, -0.1) is 0 Å². The van der Waals surface area contributed by atoms with E-state index in [0.717, 1.165) is 18.5 Å². The molecule has 0 aromatic carbocycles. The second-order valence-electron chi connectivity index (χ2n) is 3.86. The minimum absolute atomic E-state index is 0.325. The zero-order chi connectivity index (χ0) is 10.6. The Balaban J connectivity index is 2.58. The van der Waals surface area contributed by atoms with Crippen LogP contribution in [-0.4, -0.2) is 15.8 Å². The molecule has 80 valence electrons. The SMILES string of the molecule is CCC(Cc1ccn(C(C)C)n1)NN. The first kappa shape index (κ1) is 11.2. The molecule has 14 heavy (non-hydrogen) atoms. The summed E-state index contributed by atoms with van der Waals surface area (Å²) < 4.78 is 1.97. The van der Waals surface area contributed by atoms with Crippen molar-refractivity contribution in [1.29, 1.82) is 0 Å². The summed E-state index contributed by atoms with van der Waals surface area (Å²) >= 11 is 0. The van der Waals surface area contributed by atoms with Crippen LogP contribution in [0.15, 0.2) is 12.3 Å². The lowest BCUT2D eigenvalue weighted by atomic mass is 10.1. The van der Waals surface area contributed by atoms with Gasteiger partial charge in [-0.1, -0.05) is 6.92 Å². The number of nitrogens with one attached hydrogen (secondary N) is 1. The Morgan fingerprint density at radius 1 is 1.57 bits per heavy atom. The number of hydrazine groups is 1. The molecule has 0 spiro atoms. The highest BCUT2D eigenvalue weighted by Gasteiger charge is 2.08. The Kier molecular flexibility index (Phi) is 4.10. The molecule has 0 aliphatic rings. The van der Waals surface area contributed by atoms with E-state index in [1.165, 1.54) is 0 Å². The summed E-state index contributed by atoms with van der Waals surface area (Å²) in [7, 11) is 0. The monoisotopic (exact) mass is 196 g/mol. The van der Waals surface area contributed by atoms with Crippen molar-refractivity contribution in [1.82, 2.24) is 15.2 Å². The third kappa shape index (κ3) is 2.82. The van der Waals surface area contributed by atoms with Gasteiger partial charge in [-0.2, -0.15) is 5.10 Å². The topological polar surface area (TPSA) is 55.9 Å². The third-order valence-corrected chi connectivity index (χ3v) is 2.38. The van der Waals surface area contributed by atoms with Crippen molar-refractivity contribution < 1.29 is 0 Å². The van der Waals surface area contributed by atoms with E-state index in [1.807, 2.05) is 10.9 Å². The Hall–Kier alpha value is -0.870. The minimum Gasteiger partial charge on any atom is -0.271 e. The summed E-state index contributed by atoms with van der Waals surface area (Å²) in [4.78, 5) is 0. The maximum Gasteiger partial charge on any atom is 0.0640 e. The standard InChI is InChI=1S/C10H20N4/c1-4-9(12-11)7-10-5-6-14(13-10)8(2)3/h5-6,8-9,12H,4,7,11H2,1-3H3. The molecule has 0 aliphatic heterocycles. The summed E-state index contributed by atoms with van der Waals surface area (Å²) in [5.41, 5.74) is 3.89. The van der Waals surface area contributed by atoms with Crippen molar-refractivity contribution in [3.63, 3.8) is 0 Å². The summed E-state index contributed by atoms with van der Waals surface area (Å²) in [5.74, 6) is 5.41. The van der Waals surface area contributed by atoms with Crippen molar-refractivity contribution in [3.05, 3.63) is 18.0 Å². The minimum atomic E-state index is 0.325. The number of aromatic nitrogens is 2. The van der Waals surface area contributed by atoms with Crippen LogP contribution in [0, 0.1) is 0 Å². The van der Waals surface area contributed by atoms with Gasteiger partial charge in [0.15, 0.2) is 0 Å². The normalized spacial score (nSPS) is 13.5. The van der Waals surface area contributed by atoms with Crippen LogP contribution in [0.4, 0.5) is 0 Å². The summed E-state index contributed by atoms with van der Waals surface area (Å²) in [6.45, 7) is 6.36. The molecule has 1 heterocycles. The van der Waals surface area contributed by atoms with E-state index in [-0.39, 0.29) is 0 Å². The highest BCUT2D eigenvalue weighted by Crippen LogP contribution is 2.07. The Labute approximate surface area is 85.5 Å². The van der Waals surface area contributed by atoms with Crippen molar-refractivity contribution in [3.8, 4) is 0 Å². The van der Waals surface area contributed by atoms with Gasteiger partial charge in [0.25, 0.3) is 0 Å². The van der Waals surface area contributed by atoms with E-state index in [0.29, 0.717) is 12.1 Å². The van der Waals surface area contributed by atoms with E-state index >= 15 is 0 Å². The molecule has 0 saturated carbocycles. The highest BCUT2D eigenvalue weighted by atomic mass is 15.3. The predicted molar refractivity (Wildman–Crippen MR) is 57.7 cm³/mol. The van der Waals surface area contributed by atoms with Crippen LogP contribution in [0.25, 0.3) is 0 Å². The highest BCUT2D eigenvalue weighted by molar-refractivity contribution is 5.01. The van der Waals surface area contributed by atoms with Crippen LogP contribution >= 0.6 is 0 Å². The van der Waals surface area contributed by atoms with E-state index < -0.39 is 0 Å². The Bertz CT molecular complexity index is 263. The van der Waals surface area contributed by atoms with E-state index in [4.69, 9.17) is 5.84 Å². The van der Waals surface area contributed by atoms with Gasteiger partial charge in [0.05, 0.1) is 5.69 Å². The van der Waals surface area contributed by atoms with Gasteiger partial charge in [-0.25, -0.2) is 0 Å². The smallest absolute Gasteiger partial charge is 0.0640 e. The molecule has 4 nitrogen and oxygen atoms in total. The second-order valence-corrected chi connectivity index (χ2v) is 3.86. The lowest BCUT2D eigenvalue weighted by molar-refractivity contribution is 0.488. The van der Waals surface area contributed by atoms with Gasteiger partial charge in [0.1, 0.15) is 0 Å². The van der Waals surface area contributed by atoms with Crippen LogP contribution in [-0.2, 0) is 6.42 Å². The molecule has 1 aromatic rings. The predicted octanol–water partition coefficient (Wildman–Crippen LogP) is 1.25. The summed E-state index contributed by atoms with van der Waals surface area (Å²) in [6, 6.07) is 2.81. The molecule has 1 rings (SSSR count).